The van der Waals surface area contributed by atoms with Gasteiger partial charge in [0, 0.05) is 7.14 Å². The van der Waals surface area contributed by atoms with Crippen molar-refractivity contribution in [3.8, 4) is 0 Å². The van der Waals surface area contributed by atoms with E-state index in [0.29, 0.717) is 9.79 Å². The van der Waals surface area contributed by atoms with E-state index in [2.05, 4.69) is 54.7 Å². The Balaban J connectivity index is 0.000000250. The normalized spacial score (nSPS) is 33.2. The number of ether oxygens (including phenoxy) is 2. The molecule has 4 unspecified atom stereocenters. The van der Waals surface area contributed by atoms with E-state index in [1.807, 2.05) is 12.1 Å². The third-order valence-electron chi connectivity index (χ3n) is 6.18. The van der Waals surface area contributed by atoms with Crippen molar-refractivity contribution in [3.63, 3.8) is 0 Å². The molecule has 4 rings (SSSR count). The molecule has 0 aliphatic carbocycles. The average Bonchev–Trinajstić information content (AvgIpc) is 3.00. The fourth-order valence-corrected chi connectivity index (χ4v) is 6.82. The Bertz CT molecular complexity index is 1210. The van der Waals surface area contributed by atoms with E-state index < -0.39 is 95.5 Å². The molecule has 2 aromatic carbocycles. The highest BCUT2D eigenvalue weighted by atomic mass is 127. The fourth-order valence-electron chi connectivity index (χ4n) is 3.76. The second-order valence-corrected chi connectivity index (χ2v) is 14.9. The van der Waals surface area contributed by atoms with Gasteiger partial charge in [-0.2, -0.15) is 0 Å². The minimum absolute atomic E-state index is 0.466. The first-order chi connectivity index (χ1) is 20.7. The lowest BCUT2D eigenvalue weighted by Crippen LogP contribution is -2.63. The number of nitrogens with one attached hydrogen (secondary N) is 2. The average molecular weight is 929 g/mol. The van der Waals surface area contributed by atoms with Crippen LogP contribution < -0.4 is 9.56 Å². The number of hydrogen-bond acceptors (Lipinski definition) is 13. The molecule has 2 heterocycles. The summed E-state index contributed by atoms with van der Waals surface area (Å²) in [6.07, 6.45) is -10.3. The van der Waals surface area contributed by atoms with Gasteiger partial charge < -0.3 is 50.3 Å². The number of aliphatic hydroxyl groups excluding tert-OH is 8. The minimum Gasteiger partial charge on any atom is -0.394 e. The first-order valence-electron chi connectivity index (χ1n) is 12.5. The quantitative estimate of drug-likeness (QED) is 0.0893. The van der Waals surface area contributed by atoms with Gasteiger partial charge in [-0.25, -0.2) is 18.0 Å². The maximum absolute atomic E-state index is 12.2. The van der Waals surface area contributed by atoms with Gasteiger partial charge in [0.1, 0.15) is 63.7 Å². The van der Waals surface area contributed by atoms with Crippen molar-refractivity contribution < 1.29 is 58.7 Å². The van der Waals surface area contributed by atoms with Crippen LogP contribution in [0.15, 0.2) is 58.3 Å². The lowest BCUT2D eigenvalue weighted by molar-refractivity contribution is -0.251. The molecule has 2 aliphatic rings. The van der Waals surface area contributed by atoms with Gasteiger partial charge in [0.2, 0.25) is 0 Å². The van der Waals surface area contributed by atoms with Crippen LogP contribution in [0.25, 0.3) is 0 Å². The Morgan fingerprint density at radius 3 is 1.66 bits per heavy atom. The summed E-state index contributed by atoms with van der Waals surface area (Å²) in [5.74, 6) is 0. The van der Waals surface area contributed by atoms with E-state index >= 15 is 0 Å². The van der Waals surface area contributed by atoms with Gasteiger partial charge in [-0.3, -0.25) is 0 Å². The molecule has 44 heavy (non-hydrogen) atoms. The summed E-state index contributed by atoms with van der Waals surface area (Å²) >= 11 is 9.46. The van der Waals surface area contributed by atoms with Crippen LogP contribution in [-0.2, 0) is 30.5 Å². The molecule has 0 saturated carbocycles. The fraction of sp³-hybridized carbons (Fsp3) is 0.500. The zero-order valence-electron chi connectivity index (χ0n) is 22.3. The van der Waals surface area contributed by atoms with E-state index in [1.54, 1.807) is 36.4 Å². The maximum Gasteiger partial charge on any atom is 0.174 e. The van der Waals surface area contributed by atoms with Crippen LogP contribution in [0.3, 0.4) is 0 Å². The summed E-state index contributed by atoms with van der Waals surface area (Å²) in [5.41, 5.74) is 0. The predicted molar refractivity (Wildman–Crippen MR) is 177 cm³/mol. The standard InChI is InChI=1S/C12H16INO6S.C6H4ClIOS.C6H12ClNO5/c13-6-1-3-7(4-2-6)21(19)14-9-11(17)10(16)8(5-15)20-12(9)18;7-10(9)6-3-1-2-5(8)4-6;7-8-3-5(11)4(10)2(1-9)13-6(3)12/h1-4,8-12,14-18H,5H2;1-4H;2-6,8-12H,1H2/t8-,9-,10-,11-,12?,21?;;2-,3-,4-,5-,6?/m1.1/s1. The van der Waals surface area contributed by atoms with Crippen molar-refractivity contribution in [2.24, 2.45) is 0 Å². The monoisotopic (exact) mass is 928 g/mol. The van der Waals surface area contributed by atoms with Crippen LogP contribution in [0.1, 0.15) is 0 Å². The molecule has 0 bridgehead atoms. The number of aliphatic hydroxyl groups is 8. The summed E-state index contributed by atoms with van der Waals surface area (Å²) in [4.78, 5) is 3.21. The maximum atomic E-state index is 12.2. The molecule has 2 aromatic rings. The second-order valence-electron chi connectivity index (χ2n) is 9.14. The van der Waals surface area contributed by atoms with Gasteiger partial charge in [0.25, 0.3) is 0 Å². The molecule has 0 radical (unpaired) electrons. The van der Waals surface area contributed by atoms with Crippen LogP contribution in [0.4, 0.5) is 0 Å². The molecule has 0 amide bonds. The molecule has 12 atom stereocenters. The van der Waals surface area contributed by atoms with Crippen molar-refractivity contribution in [2.45, 2.75) is 71.1 Å². The number of rotatable bonds is 7. The Labute approximate surface area is 294 Å². The summed E-state index contributed by atoms with van der Waals surface area (Å²) in [5, 5.41) is 75.1. The van der Waals surface area contributed by atoms with Crippen LogP contribution in [0.5, 0.6) is 0 Å². The number of halogens is 4. The van der Waals surface area contributed by atoms with Crippen molar-refractivity contribution in [1.82, 2.24) is 9.56 Å². The van der Waals surface area contributed by atoms with Gasteiger partial charge >= 0.3 is 0 Å². The van der Waals surface area contributed by atoms with Crippen LogP contribution in [0.2, 0.25) is 0 Å². The van der Waals surface area contributed by atoms with E-state index in [1.165, 1.54) is 0 Å². The van der Waals surface area contributed by atoms with E-state index in [-0.39, 0.29) is 0 Å². The molecule has 14 nitrogen and oxygen atoms in total. The Morgan fingerprint density at radius 1 is 0.727 bits per heavy atom. The van der Waals surface area contributed by atoms with Crippen molar-refractivity contribution in [2.75, 3.05) is 13.2 Å². The third-order valence-corrected chi connectivity index (χ3v) is 10.2. The molecule has 0 aromatic heterocycles. The highest BCUT2D eigenvalue weighted by Gasteiger charge is 2.45. The molecule has 250 valence electrons. The SMILES string of the molecule is O=S(Cl)c1cccc(I)c1.O=S(N[C@H]1C(O)O[C@H](CO)[C@@H](O)[C@@H]1O)c1ccc(I)cc1.OC[C@H]1OC(O)[C@H](NCl)[C@@H](O)[C@@H]1O. The lowest BCUT2D eigenvalue weighted by atomic mass is 9.98. The van der Waals surface area contributed by atoms with Crippen molar-refractivity contribution in [3.05, 3.63) is 55.7 Å². The summed E-state index contributed by atoms with van der Waals surface area (Å²) in [7, 11) is 2.29. The molecule has 0 spiro atoms. The largest absolute Gasteiger partial charge is 0.394 e. The summed E-state index contributed by atoms with van der Waals surface area (Å²) in [6, 6.07) is 12.0. The zero-order chi connectivity index (χ0) is 33.1. The Morgan fingerprint density at radius 2 is 1.23 bits per heavy atom. The summed E-state index contributed by atoms with van der Waals surface area (Å²) in [6.45, 7) is -1.02. The van der Waals surface area contributed by atoms with Crippen molar-refractivity contribution in [1.29, 1.82) is 0 Å². The van der Waals surface area contributed by atoms with Gasteiger partial charge in [-0.15, -0.1) is 0 Å². The second kappa shape index (κ2) is 20.0. The molecule has 20 heteroatoms. The molecular weight excluding hydrogens is 897 g/mol. The van der Waals surface area contributed by atoms with Gasteiger partial charge in [-0.1, -0.05) is 6.07 Å². The number of benzene rings is 2. The number of hydrogen-bond donors (Lipinski definition) is 10. The zero-order valence-corrected chi connectivity index (χ0v) is 29.8. The highest BCUT2D eigenvalue weighted by molar-refractivity contribution is 14.1. The van der Waals surface area contributed by atoms with E-state index in [0.717, 1.165) is 7.14 Å². The Kier molecular flexibility index (Phi) is 18.4. The van der Waals surface area contributed by atoms with E-state index in [4.69, 9.17) is 42.1 Å². The topological polar surface area (TPSA) is 238 Å². The van der Waals surface area contributed by atoms with Gasteiger partial charge in [-0.05, 0) is 110 Å². The third kappa shape index (κ3) is 11.8. The van der Waals surface area contributed by atoms with Gasteiger partial charge in [0.15, 0.2) is 12.6 Å². The first kappa shape index (κ1) is 40.5. The molecule has 10 N–H and O–H groups in total. The highest BCUT2D eigenvalue weighted by Crippen LogP contribution is 2.22. The van der Waals surface area contributed by atoms with Crippen LogP contribution >= 0.6 is 67.6 Å². The summed E-state index contributed by atoms with van der Waals surface area (Å²) < 4.78 is 37.1. The lowest BCUT2D eigenvalue weighted by Gasteiger charge is -2.40. The minimum atomic E-state index is -1.69. The first-order valence-corrected chi connectivity index (χ1v) is 18.2. The predicted octanol–water partition coefficient (Wildman–Crippen LogP) is -1.21. The molecular formula is C24H32Cl2I2N2O12S2. The molecule has 2 fully saturated rings. The molecule has 2 aliphatic heterocycles. The smallest absolute Gasteiger partial charge is 0.174 e. The van der Waals surface area contributed by atoms with Crippen molar-refractivity contribution >= 4 is 88.6 Å². The van der Waals surface area contributed by atoms with E-state index in [9.17, 15) is 39.1 Å². The van der Waals surface area contributed by atoms with Gasteiger partial charge in [0.05, 0.1) is 29.0 Å². The Hall–Kier alpha value is 0.300. The molecule has 2 saturated heterocycles. The van der Waals surface area contributed by atoms with Crippen LogP contribution in [0, 0.1) is 7.14 Å². The van der Waals surface area contributed by atoms with Crippen LogP contribution in [-0.4, -0.2) is 124 Å².